The van der Waals surface area contributed by atoms with E-state index in [1.807, 2.05) is 68.6 Å². The first-order valence-electron chi connectivity index (χ1n) is 8.75. The number of amides is 2. The Labute approximate surface area is 158 Å². The summed E-state index contributed by atoms with van der Waals surface area (Å²) < 4.78 is 0. The van der Waals surface area contributed by atoms with Crippen LogP contribution in [-0.4, -0.2) is 83.9 Å². The van der Waals surface area contributed by atoms with Crippen molar-refractivity contribution >= 4 is 41.0 Å². The number of hydrogen-bond acceptors (Lipinski definition) is 5. The topological polar surface area (TPSA) is 43.9 Å². The van der Waals surface area contributed by atoms with E-state index in [4.69, 9.17) is 0 Å². The minimum atomic E-state index is 0.117. The molecule has 1 aromatic carbocycles. The molecule has 0 aliphatic carbocycles. The molecule has 0 saturated carbocycles. The van der Waals surface area contributed by atoms with E-state index in [2.05, 4.69) is 0 Å². The van der Waals surface area contributed by atoms with Crippen LogP contribution in [0.2, 0.25) is 0 Å². The molecule has 2 aliphatic heterocycles. The Balaban J connectivity index is 1.66. The molecule has 0 unspecified atom stereocenters. The van der Waals surface area contributed by atoms with E-state index in [0.29, 0.717) is 0 Å². The molecule has 0 atom stereocenters. The molecule has 0 radical (unpaired) electrons. The Morgan fingerprint density at radius 1 is 0.800 bits per heavy atom. The van der Waals surface area contributed by atoms with Gasteiger partial charge in [0, 0.05) is 54.9 Å². The van der Waals surface area contributed by atoms with Crippen molar-refractivity contribution in [3.63, 3.8) is 0 Å². The van der Waals surface area contributed by atoms with Crippen molar-refractivity contribution in [3.05, 3.63) is 30.3 Å². The maximum Gasteiger partial charge on any atom is 0.242 e. The van der Waals surface area contributed by atoms with Crippen LogP contribution in [0.4, 0.5) is 5.69 Å². The third-order valence-corrected chi connectivity index (χ3v) is 6.39. The third-order valence-electron chi connectivity index (χ3n) is 4.50. The maximum absolute atomic E-state index is 12.7. The number of nitrogens with zero attached hydrogens (tertiary/aromatic N) is 3. The van der Waals surface area contributed by atoms with Crippen molar-refractivity contribution in [2.75, 3.05) is 67.2 Å². The Morgan fingerprint density at radius 3 is 1.68 bits per heavy atom. The van der Waals surface area contributed by atoms with Gasteiger partial charge in [0.2, 0.25) is 11.8 Å². The fourth-order valence-corrected chi connectivity index (χ4v) is 4.84. The van der Waals surface area contributed by atoms with Crippen LogP contribution < -0.4 is 4.90 Å². The molecule has 25 heavy (non-hydrogen) atoms. The predicted octanol–water partition coefficient (Wildman–Crippen LogP) is 1.64. The summed E-state index contributed by atoms with van der Waals surface area (Å²) in [6, 6.07) is 9.80. The van der Waals surface area contributed by atoms with Gasteiger partial charge in [0.15, 0.2) is 0 Å². The molecule has 0 aromatic heterocycles. The van der Waals surface area contributed by atoms with Gasteiger partial charge in [-0.2, -0.15) is 23.5 Å². The van der Waals surface area contributed by atoms with Gasteiger partial charge in [0.25, 0.3) is 0 Å². The Morgan fingerprint density at radius 2 is 1.24 bits per heavy atom. The molecule has 3 rings (SSSR count). The van der Waals surface area contributed by atoms with Gasteiger partial charge in [-0.05, 0) is 12.1 Å². The van der Waals surface area contributed by atoms with Crippen LogP contribution in [0, 0.1) is 0 Å². The van der Waals surface area contributed by atoms with Crippen molar-refractivity contribution in [1.29, 1.82) is 0 Å². The van der Waals surface area contributed by atoms with Crippen LogP contribution in [0.3, 0.4) is 0 Å². The summed E-state index contributed by atoms with van der Waals surface area (Å²) in [4.78, 5) is 31.1. The van der Waals surface area contributed by atoms with Crippen LogP contribution >= 0.6 is 23.5 Å². The smallest absolute Gasteiger partial charge is 0.242 e. The molecule has 5 nitrogen and oxygen atoms in total. The molecule has 2 saturated heterocycles. The zero-order valence-electron chi connectivity index (χ0n) is 14.4. The Hall–Kier alpha value is -1.34. The second kappa shape index (κ2) is 9.38. The largest absolute Gasteiger partial charge is 0.353 e. The van der Waals surface area contributed by atoms with E-state index in [0.717, 1.165) is 54.9 Å². The average Bonchev–Trinajstić information content (AvgIpc) is 2.69. The van der Waals surface area contributed by atoms with E-state index >= 15 is 0 Å². The highest BCUT2D eigenvalue weighted by Crippen LogP contribution is 2.16. The van der Waals surface area contributed by atoms with Crippen molar-refractivity contribution in [2.24, 2.45) is 0 Å². The Kier molecular flexibility index (Phi) is 6.93. The van der Waals surface area contributed by atoms with Crippen molar-refractivity contribution < 1.29 is 9.59 Å². The summed E-state index contributed by atoms with van der Waals surface area (Å²) in [6.45, 7) is 3.77. The normalized spacial score (nSPS) is 18.1. The highest BCUT2D eigenvalue weighted by atomic mass is 32.2. The Bertz CT molecular complexity index is 541. The lowest BCUT2D eigenvalue weighted by molar-refractivity contribution is -0.130. The fourth-order valence-electron chi connectivity index (χ4n) is 3.03. The molecule has 0 spiro atoms. The fraction of sp³-hybridized carbons (Fsp3) is 0.556. The number of rotatable bonds is 5. The number of carbonyl (C=O) groups excluding carboxylic acids is 2. The highest BCUT2D eigenvalue weighted by Gasteiger charge is 2.24. The van der Waals surface area contributed by atoms with Crippen LogP contribution in [0.15, 0.2) is 30.3 Å². The van der Waals surface area contributed by atoms with Gasteiger partial charge in [0.05, 0.1) is 13.1 Å². The van der Waals surface area contributed by atoms with Crippen molar-refractivity contribution in [1.82, 2.24) is 9.80 Å². The molecular formula is C18H25N3O2S2. The summed E-state index contributed by atoms with van der Waals surface area (Å²) in [5, 5.41) is 0. The average molecular weight is 380 g/mol. The van der Waals surface area contributed by atoms with E-state index in [-0.39, 0.29) is 24.9 Å². The number of hydrogen-bond donors (Lipinski definition) is 0. The number of benzene rings is 1. The quantitative estimate of drug-likeness (QED) is 0.778. The van der Waals surface area contributed by atoms with Crippen molar-refractivity contribution in [2.45, 2.75) is 0 Å². The molecule has 1 aromatic rings. The first kappa shape index (κ1) is 18.5. The minimum Gasteiger partial charge on any atom is -0.353 e. The van der Waals surface area contributed by atoms with Crippen LogP contribution in [0.5, 0.6) is 0 Å². The lowest BCUT2D eigenvalue weighted by Gasteiger charge is -2.33. The summed E-state index contributed by atoms with van der Waals surface area (Å²) in [5.74, 6) is 4.24. The summed E-state index contributed by atoms with van der Waals surface area (Å²) in [6.07, 6.45) is 0. The van der Waals surface area contributed by atoms with E-state index in [9.17, 15) is 9.59 Å². The van der Waals surface area contributed by atoms with Gasteiger partial charge in [-0.3, -0.25) is 9.59 Å². The van der Waals surface area contributed by atoms with E-state index in [1.165, 1.54) is 0 Å². The lowest BCUT2D eigenvalue weighted by atomic mass is 10.2. The van der Waals surface area contributed by atoms with Gasteiger partial charge >= 0.3 is 0 Å². The lowest BCUT2D eigenvalue weighted by Crippen LogP contribution is -2.48. The zero-order chi connectivity index (χ0) is 17.5. The first-order chi connectivity index (χ1) is 12.2. The maximum atomic E-state index is 12.7. The molecule has 2 aliphatic rings. The van der Waals surface area contributed by atoms with E-state index < -0.39 is 0 Å². The van der Waals surface area contributed by atoms with Gasteiger partial charge in [-0.25, -0.2) is 0 Å². The zero-order valence-corrected chi connectivity index (χ0v) is 16.1. The number of carbonyl (C=O) groups is 2. The monoisotopic (exact) mass is 379 g/mol. The minimum absolute atomic E-state index is 0.117. The van der Waals surface area contributed by atoms with Gasteiger partial charge in [0.1, 0.15) is 0 Å². The van der Waals surface area contributed by atoms with E-state index in [1.54, 1.807) is 0 Å². The van der Waals surface area contributed by atoms with Gasteiger partial charge < -0.3 is 14.7 Å². The van der Waals surface area contributed by atoms with Gasteiger partial charge in [-0.15, -0.1) is 0 Å². The van der Waals surface area contributed by atoms with Crippen LogP contribution in [0.1, 0.15) is 0 Å². The van der Waals surface area contributed by atoms with Gasteiger partial charge in [-0.1, -0.05) is 18.2 Å². The molecule has 2 heterocycles. The molecule has 2 fully saturated rings. The summed E-state index contributed by atoms with van der Waals surface area (Å²) in [7, 11) is 0. The molecule has 136 valence electrons. The molecule has 0 bridgehead atoms. The van der Waals surface area contributed by atoms with Crippen LogP contribution in [0.25, 0.3) is 0 Å². The molecule has 0 N–H and O–H groups in total. The highest BCUT2D eigenvalue weighted by molar-refractivity contribution is 7.99. The SMILES string of the molecule is O=C(CN(CC(=O)N1CCSCC1)c1ccccc1)N1CCSCC1. The standard InChI is InChI=1S/C18H25N3O2S2/c22-17(19-6-10-24-11-7-19)14-21(16-4-2-1-3-5-16)15-18(23)20-8-12-25-13-9-20/h1-5H,6-15H2. The molecular weight excluding hydrogens is 354 g/mol. The van der Waals surface area contributed by atoms with Crippen LogP contribution in [-0.2, 0) is 9.59 Å². The third kappa shape index (κ3) is 5.31. The number of anilines is 1. The molecule has 7 heteroatoms. The molecule has 2 amide bonds. The number of para-hydroxylation sites is 1. The second-order valence-corrected chi connectivity index (χ2v) is 8.63. The number of thioether (sulfide) groups is 2. The predicted molar refractivity (Wildman–Crippen MR) is 106 cm³/mol. The summed E-state index contributed by atoms with van der Waals surface area (Å²) in [5.41, 5.74) is 0.932. The van der Waals surface area contributed by atoms with Crippen molar-refractivity contribution in [3.8, 4) is 0 Å². The first-order valence-corrected chi connectivity index (χ1v) is 11.1. The second-order valence-electron chi connectivity index (χ2n) is 6.18. The summed E-state index contributed by atoms with van der Waals surface area (Å²) >= 11 is 3.78.